The molecule has 1 aromatic heterocycles. The Morgan fingerprint density at radius 1 is 1.24 bits per heavy atom. The van der Waals surface area contributed by atoms with Crippen LogP contribution < -0.4 is 0 Å². The molecule has 0 saturated carbocycles. The van der Waals surface area contributed by atoms with E-state index in [1.165, 1.54) is 16.0 Å². The van der Waals surface area contributed by atoms with Crippen LogP contribution in [0.1, 0.15) is 16.7 Å². The van der Waals surface area contributed by atoms with E-state index in [1.54, 1.807) is 18.0 Å². The molecular weight excluding hydrogens is 250 g/mol. The smallest absolute Gasteiger partial charge is 0.133 e. The van der Waals surface area contributed by atoms with Gasteiger partial charge in [-0.15, -0.1) is 11.8 Å². The summed E-state index contributed by atoms with van der Waals surface area (Å²) in [5.41, 5.74) is 3.69. The minimum Gasteiger partial charge on any atom is -0.244 e. The number of hydrogen-bond acceptors (Lipinski definition) is 2. The lowest BCUT2D eigenvalue weighted by Gasteiger charge is -2.07. The van der Waals surface area contributed by atoms with Crippen LogP contribution in [-0.2, 0) is 5.75 Å². The van der Waals surface area contributed by atoms with Gasteiger partial charge in [0, 0.05) is 16.8 Å². The normalized spacial score (nSPS) is 10.5. The largest absolute Gasteiger partial charge is 0.244 e. The highest BCUT2D eigenvalue weighted by molar-refractivity contribution is 7.98. The summed E-state index contributed by atoms with van der Waals surface area (Å²) in [5, 5.41) is 0.602. The van der Waals surface area contributed by atoms with Crippen LogP contribution in [0.2, 0.25) is 5.15 Å². The maximum absolute atomic E-state index is 6.03. The molecule has 0 N–H and O–H groups in total. The standard InChI is InChI=1S/C14H14ClNS/c1-10-5-6-13(11(2)8-10)17-9-12-4-3-7-16-14(12)15/h3-8H,9H2,1-2H3. The summed E-state index contributed by atoms with van der Waals surface area (Å²) in [6.45, 7) is 4.25. The molecule has 0 amide bonds. The van der Waals surface area contributed by atoms with Crippen LogP contribution in [0.3, 0.4) is 0 Å². The Morgan fingerprint density at radius 3 is 2.76 bits per heavy atom. The van der Waals surface area contributed by atoms with Crippen molar-refractivity contribution in [2.45, 2.75) is 24.5 Å². The van der Waals surface area contributed by atoms with E-state index in [2.05, 4.69) is 37.0 Å². The van der Waals surface area contributed by atoms with E-state index in [-0.39, 0.29) is 0 Å². The molecule has 0 aliphatic heterocycles. The zero-order valence-corrected chi connectivity index (χ0v) is 11.5. The minimum atomic E-state index is 0.602. The Kier molecular flexibility index (Phi) is 4.08. The summed E-state index contributed by atoms with van der Waals surface area (Å²) >= 11 is 7.83. The zero-order valence-electron chi connectivity index (χ0n) is 9.90. The van der Waals surface area contributed by atoms with E-state index in [9.17, 15) is 0 Å². The van der Waals surface area contributed by atoms with E-state index in [4.69, 9.17) is 11.6 Å². The van der Waals surface area contributed by atoms with Crippen molar-refractivity contribution in [2.24, 2.45) is 0 Å². The topological polar surface area (TPSA) is 12.9 Å². The second-order valence-electron chi connectivity index (χ2n) is 4.01. The number of thioether (sulfide) groups is 1. The number of halogens is 1. The Bertz CT molecular complexity index is 525. The average Bonchev–Trinajstić information content (AvgIpc) is 2.30. The molecule has 0 atom stereocenters. The molecule has 17 heavy (non-hydrogen) atoms. The molecule has 1 heterocycles. The summed E-state index contributed by atoms with van der Waals surface area (Å²) in [6.07, 6.45) is 1.72. The van der Waals surface area contributed by atoms with E-state index in [1.807, 2.05) is 12.1 Å². The molecule has 0 bridgehead atoms. The number of aromatic nitrogens is 1. The highest BCUT2D eigenvalue weighted by atomic mass is 35.5. The van der Waals surface area contributed by atoms with Gasteiger partial charge in [0.25, 0.3) is 0 Å². The third-order valence-electron chi connectivity index (χ3n) is 2.55. The van der Waals surface area contributed by atoms with Crippen molar-refractivity contribution in [3.63, 3.8) is 0 Å². The molecule has 1 aromatic carbocycles. The van der Waals surface area contributed by atoms with Crippen molar-refractivity contribution in [3.8, 4) is 0 Å². The van der Waals surface area contributed by atoms with E-state index >= 15 is 0 Å². The van der Waals surface area contributed by atoms with Crippen molar-refractivity contribution >= 4 is 23.4 Å². The van der Waals surface area contributed by atoms with Gasteiger partial charge in [-0.05, 0) is 37.1 Å². The van der Waals surface area contributed by atoms with Crippen LogP contribution in [0, 0.1) is 13.8 Å². The maximum Gasteiger partial charge on any atom is 0.133 e. The molecule has 88 valence electrons. The summed E-state index contributed by atoms with van der Waals surface area (Å²) in [5.74, 6) is 0.858. The minimum absolute atomic E-state index is 0.602. The predicted octanol–water partition coefficient (Wildman–Crippen LogP) is 4.64. The van der Waals surface area contributed by atoms with Gasteiger partial charge in [0.15, 0.2) is 0 Å². The second kappa shape index (κ2) is 5.56. The van der Waals surface area contributed by atoms with Crippen molar-refractivity contribution in [1.82, 2.24) is 4.98 Å². The first-order chi connectivity index (χ1) is 8.16. The molecule has 3 heteroatoms. The van der Waals surface area contributed by atoms with Gasteiger partial charge < -0.3 is 0 Å². The molecule has 2 rings (SSSR count). The van der Waals surface area contributed by atoms with Crippen LogP contribution in [0.4, 0.5) is 0 Å². The summed E-state index contributed by atoms with van der Waals surface area (Å²) < 4.78 is 0. The van der Waals surface area contributed by atoms with Gasteiger partial charge in [-0.1, -0.05) is 35.4 Å². The zero-order chi connectivity index (χ0) is 12.3. The van der Waals surface area contributed by atoms with Crippen LogP contribution in [0.25, 0.3) is 0 Å². The van der Waals surface area contributed by atoms with Gasteiger partial charge in [-0.25, -0.2) is 4.98 Å². The predicted molar refractivity (Wildman–Crippen MR) is 74.7 cm³/mol. The molecule has 0 saturated heterocycles. The van der Waals surface area contributed by atoms with Crippen LogP contribution in [-0.4, -0.2) is 4.98 Å². The molecule has 2 aromatic rings. The fraction of sp³-hybridized carbons (Fsp3) is 0.214. The third-order valence-corrected chi connectivity index (χ3v) is 4.11. The molecule has 0 fully saturated rings. The Morgan fingerprint density at radius 2 is 2.06 bits per heavy atom. The fourth-order valence-corrected chi connectivity index (χ4v) is 2.90. The number of hydrogen-bond donors (Lipinski definition) is 0. The molecule has 0 aliphatic rings. The van der Waals surface area contributed by atoms with Crippen LogP contribution in [0.15, 0.2) is 41.4 Å². The van der Waals surface area contributed by atoms with Crippen molar-refractivity contribution in [3.05, 3.63) is 58.4 Å². The van der Waals surface area contributed by atoms with Crippen LogP contribution >= 0.6 is 23.4 Å². The average molecular weight is 264 g/mol. The van der Waals surface area contributed by atoms with Crippen LogP contribution in [0.5, 0.6) is 0 Å². The van der Waals surface area contributed by atoms with Gasteiger partial charge in [-0.3, -0.25) is 0 Å². The summed E-state index contributed by atoms with van der Waals surface area (Å²) in [4.78, 5) is 5.38. The molecule has 0 unspecified atom stereocenters. The Hall–Kier alpha value is -0.990. The van der Waals surface area contributed by atoms with E-state index < -0.39 is 0 Å². The monoisotopic (exact) mass is 263 g/mol. The maximum atomic E-state index is 6.03. The van der Waals surface area contributed by atoms with Gasteiger partial charge in [0.05, 0.1) is 0 Å². The molecular formula is C14H14ClNS. The lowest BCUT2D eigenvalue weighted by molar-refractivity contribution is 1.23. The fourth-order valence-electron chi connectivity index (χ4n) is 1.64. The lowest BCUT2D eigenvalue weighted by atomic mass is 10.2. The summed E-state index contributed by atoms with van der Waals surface area (Å²) in [6, 6.07) is 10.4. The van der Waals surface area contributed by atoms with E-state index in [0.717, 1.165) is 11.3 Å². The summed E-state index contributed by atoms with van der Waals surface area (Å²) in [7, 11) is 0. The first kappa shape index (κ1) is 12.5. The Balaban J connectivity index is 2.10. The quantitative estimate of drug-likeness (QED) is 0.591. The molecule has 0 radical (unpaired) electrons. The molecule has 0 aliphatic carbocycles. The highest BCUT2D eigenvalue weighted by Crippen LogP contribution is 2.28. The van der Waals surface area contributed by atoms with Gasteiger partial charge >= 0.3 is 0 Å². The number of benzene rings is 1. The second-order valence-corrected chi connectivity index (χ2v) is 5.39. The number of pyridine rings is 1. The number of nitrogens with zero attached hydrogens (tertiary/aromatic N) is 1. The van der Waals surface area contributed by atoms with Crippen molar-refractivity contribution in [1.29, 1.82) is 0 Å². The van der Waals surface area contributed by atoms with Gasteiger partial charge in [-0.2, -0.15) is 0 Å². The van der Waals surface area contributed by atoms with Crippen molar-refractivity contribution in [2.75, 3.05) is 0 Å². The number of rotatable bonds is 3. The molecule has 0 spiro atoms. The first-order valence-corrected chi connectivity index (χ1v) is 6.82. The first-order valence-electron chi connectivity index (χ1n) is 5.46. The number of aryl methyl sites for hydroxylation is 2. The highest BCUT2D eigenvalue weighted by Gasteiger charge is 2.03. The van der Waals surface area contributed by atoms with Gasteiger partial charge in [0.2, 0.25) is 0 Å². The van der Waals surface area contributed by atoms with E-state index in [0.29, 0.717) is 5.15 Å². The third kappa shape index (κ3) is 3.24. The SMILES string of the molecule is Cc1ccc(SCc2cccnc2Cl)c(C)c1. The van der Waals surface area contributed by atoms with Crippen molar-refractivity contribution < 1.29 is 0 Å². The lowest BCUT2D eigenvalue weighted by Crippen LogP contribution is -1.87. The Labute approximate surface area is 111 Å². The molecule has 1 nitrogen and oxygen atoms in total. The van der Waals surface area contributed by atoms with Gasteiger partial charge in [0.1, 0.15) is 5.15 Å².